The minimum Gasteiger partial charge on any atom is -0.460 e. The molecule has 1 amide bonds. The predicted octanol–water partition coefficient (Wildman–Crippen LogP) is 1.30. The predicted molar refractivity (Wildman–Crippen MR) is 62.5 cm³/mol. The Labute approximate surface area is 101 Å². The summed E-state index contributed by atoms with van der Waals surface area (Å²) in [6.45, 7) is 1.56. The normalized spacial score (nSPS) is 24.1. The number of hydrogen-bond donors (Lipinski definition) is 1. The van der Waals surface area contributed by atoms with Gasteiger partial charge < -0.3 is 10.1 Å². The van der Waals surface area contributed by atoms with Crippen molar-refractivity contribution in [3.05, 3.63) is 18.5 Å². The lowest BCUT2D eigenvalue weighted by molar-refractivity contribution is -0.120. The van der Waals surface area contributed by atoms with Crippen LogP contribution in [0.4, 0.5) is 0 Å². The molecule has 0 radical (unpaired) electrons. The van der Waals surface area contributed by atoms with Crippen LogP contribution in [0.3, 0.4) is 0 Å². The highest BCUT2D eigenvalue weighted by molar-refractivity contribution is 5.73. The first-order valence-corrected chi connectivity index (χ1v) is 5.95. The van der Waals surface area contributed by atoms with Crippen molar-refractivity contribution < 1.29 is 9.53 Å². The minimum absolute atomic E-state index is 0.0424. The molecule has 2 rings (SSSR count). The van der Waals surface area contributed by atoms with Crippen molar-refractivity contribution in [2.45, 2.75) is 44.8 Å². The second-order valence-electron chi connectivity index (χ2n) is 4.32. The van der Waals surface area contributed by atoms with E-state index in [2.05, 4.69) is 15.3 Å². The van der Waals surface area contributed by atoms with E-state index in [4.69, 9.17) is 4.74 Å². The van der Waals surface area contributed by atoms with Crippen molar-refractivity contribution in [3.63, 3.8) is 0 Å². The third-order valence-corrected chi connectivity index (χ3v) is 2.90. The van der Waals surface area contributed by atoms with Gasteiger partial charge in [-0.05, 0) is 31.7 Å². The molecule has 5 nitrogen and oxygen atoms in total. The number of rotatable bonds is 3. The molecule has 1 heterocycles. The number of carbonyl (C=O) groups excluding carboxylic acids is 1. The number of ether oxygens (including phenoxy) is 1. The van der Waals surface area contributed by atoms with Gasteiger partial charge in [-0.2, -0.15) is 0 Å². The van der Waals surface area contributed by atoms with Gasteiger partial charge in [0.15, 0.2) is 0 Å². The van der Waals surface area contributed by atoms with Crippen molar-refractivity contribution in [2.24, 2.45) is 0 Å². The van der Waals surface area contributed by atoms with E-state index in [1.165, 1.54) is 0 Å². The Bertz CT molecular complexity index is 361. The van der Waals surface area contributed by atoms with Gasteiger partial charge in [-0.1, -0.05) is 0 Å². The lowest BCUT2D eigenvalue weighted by atomic mass is 9.93. The number of hydrogen-bond acceptors (Lipinski definition) is 4. The van der Waals surface area contributed by atoms with Gasteiger partial charge in [0.25, 0.3) is 0 Å². The Kier molecular flexibility index (Phi) is 3.90. The maximum atomic E-state index is 10.9. The monoisotopic (exact) mass is 235 g/mol. The molecule has 0 atom stereocenters. The second kappa shape index (κ2) is 5.61. The first-order valence-electron chi connectivity index (χ1n) is 5.95. The molecule has 92 valence electrons. The second-order valence-corrected chi connectivity index (χ2v) is 4.32. The molecule has 0 aromatic carbocycles. The largest absolute Gasteiger partial charge is 0.460 e. The number of amides is 1. The average Bonchev–Trinajstić information content (AvgIpc) is 2.32. The van der Waals surface area contributed by atoms with Crippen LogP contribution in [0.5, 0.6) is 6.01 Å². The number of carbonyl (C=O) groups is 1. The molecule has 5 heteroatoms. The van der Waals surface area contributed by atoms with Crippen molar-refractivity contribution in [1.82, 2.24) is 15.3 Å². The molecule has 1 fully saturated rings. The molecule has 1 aliphatic carbocycles. The van der Waals surface area contributed by atoms with E-state index >= 15 is 0 Å². The summed E-state index contributed by atoms with van der Waals surface area (Å²) in [6, 6.07) is 2.50. The molecule has 1 saturated carbocycles. The van der Waals surface area contributed by atoms with Crippen LogP contribution < -0.4 is 10.1 Å². The molecule has 0 unspecified atom stereocenters. The van der Waals surface area contributed by atoms with Gasteiger partial charge in [0.2, 0.25) is 5.91 Å². The van der Waals surface area contributed by atoms with Gasteiger partial charge in [-0.3, -0.25) is 4.79 Å². The first kappa shape index (κ1) is 11.8. The first-order chi connectivity index (χ1) is 8.24. The molecular weight excluding hydrogens is 218 g/mol. The SMILES string of the molecule is CC(=O)N[C@H]1CC[C@H](Oc2ncccn2)CC1. The maximum Gasteiger partial charge on any atom is 0.316 e. The fourth-order valence-electron chi connectivity index (χ4n) is 2.11. The lowest BCUT2D eigenvalue weighted by Gasteiger charge is -2.28. The molecule has 1 aromatic heterocycles. The van der Waals surface area contributed by atoms with Gasteiger partial charge in [0, 0.05) is 25.4 Å². The van der Waals surface area contributed by atoms with Gasteiger partial charge in [-0.15, -0.1) is 0 Å². The number of nitrogens with zero attached hydrogens (tertiary/aromatic N) is 2. The molecule has 1 N–H and O–H groups in total. The van der Waals surface area contributed by atoms with Gasteiger partial charge in [0.1, 0.15) is 6.10 Å². The highest BCUT2D eigenvalue weighted by Gasteiger charge is 2.23. The quantitative estimate of drug-likeness (QED) is 0.857. The zero-order chi connectivity index (χ0) is 12.1. The van der Waals surface area contributed by atoms with Crippen LogP contribution in [0.25, 0.3) is 0 Å². The summed E-state index contributed by atoms with van der Waals surface area (Å²) in [5.74, 6) is 0.0424. The lowest BCUT2D eigenvalue weighted by Crippen LogP contribution is -2.38. The summed E-state index contributed by atoms with van der Waals surface area (Å²) in [4.78, 5) is 19.0. The van der Waals surface area contributed by atoms with Crippen molar-refractivity contribution in [2.75, 3.05) is 0 Å². The third-order valence-electron chi connectivity index (χ3n) is 2.90. The standard InChI is InChI=1S/C12H17N3O2/c1-9(16)15-10-3-5-11(6-4-10)17-12-13-7-2-8-14-12/h2,7-8,10-11H,3-6H2,1H3,(H,15,16)/t10-,11-. The summed E-state index contributed by atoms with van der Waals surface area (Å²) < 4.78 is 5.67. The highest BCUT2D eigenvalue weighted by Crippen LogP contribution is 2.21. The summed E-state index contributed by atoms with van der Waals surface area (Å²) in [5, 5.41) is 2.94. The van der Waals surface area contributed by atoms with Crippen LogP contribution >= 0.6 is 0 Å². The molecular formula is C12H17N3O2. The van der Waals surface area contributed by atoms with Crippen LogP contribution in [0, 0.1) is 0 Å². The van der Waals surface area contributed by atoms with E-state index in [9.17, 15) is 4.79 Å². The Morgan fingerprint density at radius 1 is 1.29 bits per heavy atom. The van der Waals surface area contributed by atoms with Crippen LogP contribution in [-0.2, 0) is 4.79 Å². The van der Waals surface area contributed by atoms with Crippen LogP contribution in [-0.4, -0.2) is 28.0 Å². The maximum absolute atomic E-state index is 10.9. The van der Waals surface area contributed by atoms with Gasteiger partial charge >= 0.3 is 6.01 Å². The summed E-state index contributed by atoms with van der Waals surface area (Å²) in [5.41, 5.74) is 0. The van der Waals surface area contributed by atoms with Crippen LogP contribution in [0.1, 0.15) is 32.6 Å². The van der Waals surface area contributed by atoms with E-state index in [1.54, 1.807) is 25.4 Å². The summed E-state index contributed by atoms with van der Waals surface area (Å²) in [6.07, 6.45) is 7.29. The van der Waals surface area contributed by atoms with E-state index in [0.717, 1.165) is 25.7 Å². The number of aromatic nitrogens is 2. The minimum atomic E-state index is 0.0424. The topological polar surface area (TPSA) is 64.1 Å². The zero-order valence-corrected chi connectivity index (χ0v) is 9.93. The molecule has 1 aliphatic rings. The van der Waals surface area contributed by atoms with Crippen molar-refractivity contribution in [3.8, 4) is 6.01 Å². The van der Waals surface area contributed by atoms with Crippen LogP contribution in [0.2, 0.25) is 0 Å². The van der Waals surface area contributed by atoms with Crippen molar-refractivity contribution >= 4 is 5.91 Å². The van der Waals surface area contributed by atoms with Gasteiger partial charge in [0.05, 0.1) is 0 Å². The Morgan fingerprint density at radius 3 is 2.53 bits per heavy atom. The third kappa shape index (κ3) is 3.69. The van der Waals surface area contributed by atoms with E-state index in [-0.39, 0.29) is 12.0 Å². The Balaban J connectivity index is 1.78. The van der Waals surface area contributed by atoms with Gasteiger partial charge in [-0.25, -0.2) is 9.97 Å². The fourth-order valence-corrected chi connectivity index (χ4v) is 2.11. The Morgan fingerprint density at radius 2 is 1.94 bits per heavy atom. The molecule has 0 spiro atoms. The Hall–Kier alpha value is -1.65. The average molecular weight is 235 g/mol. The highest BCUT2D eigenvalue weighted by atomic mass is 16.5. The molecule has 0 bridgehead atoms. The summed E-state index contributed by atoms with van der Waals surface area (Å²) in [7, 11) is 0. The fraction of sp³-hybridized carbons (Fsp3) is 0.583. The van der Waals surface area contributed by atoms with Crippen molar-refractivity contribution in [1.29, 1.82) is 0 Å². The smallest absolute Gasteiger partial charge is 0.316 e. The van der Waals surface area contributed by atoms with Crippen LogP contribution in [0.15, 0.2) is 18.5 Å². The zero-order valence-electron chi connectivity index (χ0n) is 9.93. The molecule has 0 aliphatic heterocycles. The van der Waals surface area contributed by atoms with E-state index in [1.807, 2.05) is 0 Å². The molecule has 0 saturated heterocycles. The summed E-state index contributed by atoms with van der Waals surface area (Å²) >= 11 is 0. The molecule has 17 heavy (non-hydrogen) atoms. The number of nitrogens with one attached hydrogen (secondary N) is 1. The van der Waals surface area contributed by atoms with E-state index in [0.29, 0.717) is 12.1 Å². The van der Waals surface area contributed by atoms with E-state index < -0.39 is 0 Å². The molecule has 1 aromatic rings.